The van der Waals surface area contributed by atoms with Gasteiger partial charge < -0.3 is 16.0 Å². The molecule has 0 bridgehead atoms. The molecule has 0 aromatic rings. The quantitative estimate of drug-likeness (QED) is 0.680. The fraction of sp³-hybridized carbons (Fsp3) is 0.938. The molecule has 0 aromatic heterocycles. The first-order valence-corrected chi connectivity index (χ1v) is 8.31. The van der Waals surface area contributed by atoms with Crippen LogP contribution < -0.4 is 11.1 Å². The molecule has 4 nitrogen and oxygen atoms in total. The smallest absolute Gasteiger partial charge is 0.220 e. The van der Waals surface area contributed by atoms with Gasteiger partial charge >= 0.3 is 0 Å². The van der Waals surface area contributed by atoms with E-state index in [0.29, 0.717) is 18.3 Å². The van der Waals surface area contributed by atoms with Crippen molar-refractivity contribution in [1.82, 2.24) is 10.2 Å². The van der Waals surface area contributed by atoms with Gasteiger partial charge in [-0.2, -0.15) is 0 Å². The molecular weight excluding hydrogens is 250 g/mol. The van der Waals surface area contributed by atoms with Crippen LogP contribution >= 0.6 is 0 Å². The van der Waals surface area contributed by atoms with Crippen LogP contribution in [-0.2, 0) is 4.79 Å². The van der Waals surface area contributed by atoms with Gasteiger partial charge in [0, 0.05) is 19.5 Å². The highest BCUT2D eigenvalue weighted by molar-refractivity contribution is 5.75. The number of carbonyl (C=O) groups excluding carboxylic acids is 1. The van der Waals surface area contributed by atoms with E-state index in [1.54, 1.807) is 0 Å². The van der Waals surface area contributed by atoms with Crippen LogP contribution in [0.25, 0.3) is 0 Å². The third-order valence-corrected chi connectivity index (χ3v) is 4.19. The van der Waals surface area contributed by atoms with Crippen LogP contribution in [0.1, 0.15) is 52.4 Å². The molecule has 20 heavy (non-hydrogen) atoms. The zero-order valence-corrected chi connectivity index (χ0v) is 13.4. The number of carbonyl (C=O) groups is 1. The van der Waals surface area contributed by atoms with Crippen LogP contribution in [0, 0.1) is 11.8 Å². The molecule has 0 saturated carbocycles. The summed E-state index contributed by atoms with van der Waals surface area (Å²) in [6.45, 7) is 9.49. The molecule has 4 heteroatoms. The molecule has 1 rings (SSSR count). The molecule has 2 unspecified atom stereocenters. The van der Waals surface area contributed by atoms with Crippen molar-refractivity contribution < 1.29 is 4.79 Å². The van der Waals surface area contributed by atoms with E-state index in [9.17, 15) is 4.79 Å². The van der Waals surface area contributed by atoms with E-state index in [4.69, 9.17) is 5.73 Å². The number of hydrogen-bond donors (Lipinski definition) is 2. The van der Waals surface area contributed by atoms with E-state index in [1.165, 1.54) is 32.4 Å². The number of nitrogens with two attached hydrogens (primary N) is 1. The predicted molar refractivity (Wildman–Crippen MR) is 84.5 cm³/mol. The molecule has 1 aliphatic rings. The molecule has 1 saturated heterocycles. The van der Waals surface area contributed by atoms with Gasteiger partial charge in [-0.3, -0.25) is 4.79 Å². The molecule has 1 fully saturated rings. The third kappa shape index (κ3) is 7.85. The molecule has 0 aliphatic carbocycles. The molecule has 0 aromatic carbocycles. The molecule has 2 atom stereocenters. The summed E-state index contributed by atoms with van der Waals surface area (Å²) in [6, 6.07) is 0. The summed E-state index contributed by atoms with van der Waals surface area (Å²) in [6.07, 6.45) is 6.64. The molecule has 1 heterocycles. The molecule has 118 valence electrons. The summed E-state index contributed by atoms with van der Waals surface area (Å²) in [7, 11) is 0. The number of amides is 1. The van der Waals surface area contributed by atoms with Crippen LogP contribution in [0.15, 0.2) is 0 Å². The van der Waals surface area contributed by atoms with Crippen molar-refractivity contribution in [3.05, 3.63) is 0 Å². The highest BCUT2D eigenvalue weighted by Gasteiger charge is 2.14. The van der Waals surface area contributed by atoms with Gasteiger partial charge in [-0.15, -0.1) is 0 Å². The van der Waals surface area contributed by atoms with Crippen molar-refractivity contribution in [2.75, 3.05) is 32.7 Å². The van der Waals surface area contributed by atoms with Gasteiger partial charge in [-0.1, -0.05) is 20.3 Å². The Hall–Kier alpha value is -0.610. The van der Waals surface area contributed by atoms with Gasteiger partial charge in [0.1, 0.15) is 0 Å². The molecule has 0 spiro atoms. The fourth-order valence-corrected chi connectivity index (χ4v) is 2.83. The monoisotopic (exact) mass is 283 g/mol. The first-order chi connectivity index (χ1) is 9.61. The van der Waals surface area contributed by atoms with E-state index < -0.39 is 0 Å². The number of hydrogen-bond acceptors (Lipinski definition) is 3. The molecule has 1 aliphatic heterocycles. The number of piperidine rings is 1. The topological polar surface area (TPSA) is 58.4 Å². The standard InChI is InChI=1S/C16H33N3O/c1-14(8-9-17)6-7-16(20)18-12-15(2)13-19-10-4-3-5-11-19/h14-15H,3-13,17H2,1-2H3,(H,18,20). The summed E-state index contributed by atoms with van der Waals surface area (Å²) in [5.41, 5.74) is 5.52. The SMILES string of the molecule is CC(CCN)CCC(=O)NCC(C)CN1CCCCC1. The van der Waals surface area contributed by atoms with Crippen molar-refractivity contribution in [2.45, 2.75) is 52.4 Å². The number of nitrogens with one attached hydrogen (secondary N) is 1. The summed E-state index contributed by atoms with van der Waals surface area (Å²) >= 11 is 0. The Labute approximate surface area is 124 Å². The second-order valence-corrected chi connectivity index (χ2v) is 6.49. The van der Waals surface area contributed by atoms with Crippen LogP contribution in [0.3, 0.4) is 0 Å². The Balaban J connectivity index is 2.07. The predicted octanol–water partition coefficient (Wildman–Crippen LogP) is 1.99. The first kappa shape index (κ1) is 17.4. The van der Waals surface area contributed by atoms with Gasteiger partial charge in [0.15, 0.2) is 0 Å². The van der Waals surface area contributed by atoms with Gasteiger partial charge in [-0.05, 0) is 57.2 Å². The highest BCUT2D eigenvalue weighted by Crippen LogP contribution is 2.11. The summed E-state index contributed by atoms with van der Waals surface area (Å²) < 4.78 is 0. The maximum Gasteiger partial charge on any atom is 0.220 e. The van der Waals surface area contributed by atoms with E-state index in [-0.39, 0.29) is 5.91 Å². The van der Waals surface area contributed by atoms with Crippen molar-refractivity contribution >= 4 is 5.91 Å². The van der Waals surface area contributed by atoms with E-state index in [2.05, 4.69) is 24.1 Å². The lowest BCUT2D eigenvalue weighted by Gasteiger charge is -2.29. The third-order valence-electron chi connectivity index (χ3n) is 4.19. The Kier molecular flexibility index (Phi) is 8.86. The highest BCUT2D eigenvalue weighted by atomic mass is 16.1. The van der Waals surface area contributed by atoms with Crippen molar-refractivity contribution in [1.29, 1.82) is 0 Å². The first-order valence-electron chi connectivity index (χ1n) is 8.31. The second-order valence-electron chi connectivity index (χ2n) is 6.49. The lowest BCUT2D eigenvalue weighted by atomic mass is 10.0. The van der Waals surface area contributed by atoms with Gasteiger partial charge in [0.25, 0.3) is 0 Å². The average Bonchev–Trinajstić information content (AvgIpc) is 2.44. The van der Waals surface area contributed by atoms with Crippen molar-refractivity contribution in [2.24, 2.45) is 17.6 Å². The summed E-state index contributed by atoms with van der Waals surface area (Å²) in [5, 5.41) is 3.07. The van der Waals surface area contributed by atoms with Crippen LogP contribution in [0.2, 0.25) is 0 Å². The summed E-state index contributed by atoms with van der Waals surface area (Å²) in [4.78, 5) is 14.3. The fourth-order valence-electron chi connectivity index (χ4n) is 2.83. The Morgan fingerprint density at radius 1 is 1.15 bits per heavy atom. The Bertz CT molecular complexity index is 264. The van der Waals surface area contributed by atoms with Gasteiger partial charge in [-0.25, -0.2) is 0 Å². The van der Waals surface area contributed by atoms with Crippen LogP contribution in [-0.4, -0.2) is 43.5 Å². The van der Waals surface area contributed by atoms with Gasteiger partial charge in [0.05, 0.1) is 0 Å². The van der Waals surface area contributed by atoms with E-state index >= 15 is 0 Å². The zero-order valence-electron chi connectivity index (χ0n) is 13.4. The normalized spacial score (nSPS) is 19.6. The Morgan fingerprint density at radius 3 is 2.50 bits per heavy atom. The van der Waals surface area contributed by atoms with Gasteiger partial charge in [0.2, 0.25) is 5.91 Å². The lowest BCUT2D eigenvalue weighted by Crippen LogP contribution is -2.38. The maximum atomic E-state index is 11.8. The average molecular weight is 283 g/mol. The maximum absolute atomic E-state index is 11.8. The molecular formula is C16H33N3O. The second kappa shape index (κ2) is 10.2. The van der Waals surface area contributed by atoms with Crippen LogP contribution in [0.4, 0.5) is 0 Å². The molecule has 1 amide bonds. The lowest BCUT2D eigenvalue weighted by molar-refractivity contribution is -0.121. The van der Waals surface area contributed by atoms with E-state index in [0.717, 1.165) is 32.5 Å². The number of rotatable bonds is 9. The Morgan fingerprint density at radius 2 is 1.85 bits per heavy atom. The molecule has 3 N–H and O–H groups in total. The number of likely N-dealkylation sites (tertiary alicyclic amines) is 1. The van der Waals surface area contributed by atoms with E-state index in [1.807, 2.05) is 0 Å². The minimum absolute atomic E-state index is 0.194. The molecule has 0 radical (unpaired) electrons. The number of nitrogens with zero attached hydrogens (tertiary/aromatic N) is 1. The van der Waals surface area contributed by atoms with Crippen LogP contribution in [0.5, 0.6) is 0 Å². The largest absolute Gasteiger partial charge is 0.356 e. The minimum Gasteiger partial charge on any atom is -0.356 e. The minimum atomic E-state index is 0.194. The zero-order chi connectivity index (χ0) is 14.8. The summed E-state index contributed by atoms with van der Waals surface area (Å²) in [5.74, 6) is 1.29. The van der Waals surface area contributed by atoms with Crippen molar-refractivity contribution in [3.63, 3.8) is 0 Å². The van der Waals surface area contributed by atoms with Crippen molar-refractivity contribution in [3.8, 4) is 0 Å².